The lowest BCUT2D eigenvalue weighted by Crippen LogP contribution is -2.15. The fourth-order valence-electron chi connectivity index (χ4n) is 2.38. The molecule has 0 atom stereocenters. The first-order chi connectivity index (χ1) is 10.8. The monoisotopic (exact) mass is 446 g/mol. The van der Waals surface area contributed by atoms with E-state index >= 15 is 0 Å². The molecule has 0 unspecified atom stereocenters. The highest BCUT2D eigenvalue weighted by atomic mass is 127. The van der Waals surface area contributed by atoms with Gasteiger partial charge in [-0.3, -0.25) is 4.72 Å². The molecule has 1 aromatic carbocycles. The smallest absolute Gasteiger partial charge is 0.234 e. The van der Waals surface area contributed by atoms with E-state index in [9.17, 15) is 8.42 Å². The molecule has 0 spiro atoms. The number of benzene rings is 1. The van der Waals surface area contributed by atoms with E-state index in [-0.39, 0.29) is 11.7 Å². The summed E-state index contributed by atoms with van der Waals surface area (Å²) in [5, 5.41) is 3.97. The van der Waals surface area contributed by atoms with E-state index in [1.54, 1.807) is 6.92 Å². The number of imidazole rings is 1. The third-order valence-electron chi connectivity index (χ3n) is 3.49. The van der Waals surface area contributed by atoms with Crippen molar-refractivity contribution in [1.82, 2.24) is 15.1 Å². The van der Waals surface area contributed by atoms with Crippen molar-refractivity contribution in [2.45, 2.75) is 20.8 Å². The Morgan fingerprint density at radius 2 is 2.09 bits per heavy atom. The largest absolute Gasteiger partial charge is 0.361 e. The zero-order valence-corrected chi connectivity index (χ0v) is 15.7. The third-order valence-corrected chi connectivity index (χ3v) is 5.58. The van der Waals surface area contributed by atoms with Crippen LogP contribution in [0.5, 0.6) is 0 Å². The van der Waals surface area contributed by atoms with Crippen molar-refractivity contribution in [3.05, 3.63) is 27.2 Å². The number of aromatic nitrogens is 3. The van der Waals surface area contributed by atoms with Crippen LogP contribution >= 0.6 is 22.6 Å². The Hall–Kier alpha value is -1.62. The summed E-state index contributed by atoms with van der Waals surface area (Å²) in [6.45, 7) is 5.32. The summed E-state index contributed by atoms with van der Waals surface area (Å²) < 4.78 is 31.9. The molecule has 2 aromatic heterocycles. The summed E-state index contributed by atoms with van der Waals surface area (Å²) in [4.78, 5) is 7.33. The van der Waals surface area contributed by atoms with Gasteiger partial charge in [0.15, 0.2) is 0 Å². The van der Waals surface area contributed by atoms with Gasteiger partial charge in [0.1, 0.15) is 11.3 Å². The van der Waals surface area contributed by atoms with Gasteiger partial charge in [0.2, 0.25) is 16.0 Å². The van der Waals surface area contributed by atoms with E-state index in [0.717, 1.165) is 37.2 Å². The zero-order valence-electron chi connectivity index (χ0n) is 12.8. The fraction of sp³-hybridized carbons (Fsp3) is 0.286. The number of fused-ring (bicyclic) bond motifs is 1. The highest BCUT2D eigenvalue weighted by Crippen LogP contribution is 2.32. The number of sulfonamides is 1. The van der Waals surface area contributed by atoms with Crippen LogP contribution in [0, 0.1) is 17.4 Å². The first-order valence-corrected chi connectivity index (χ1v) is 9.67. The van der Waals surface area contributed by atoms with Crippen LogP contribution in [0.3, 0.4) is 0 Å². The maximum absolute atomic E-state index is 11.7. The molecule has 0 aliphatic carbocycles. The summed E-state index contributed by atoms with van der Waals surface area (Å²) in [7, 11) is -3.37. The van der Waals surface area contributed by atoms with Crippen LogP contribution < -0.4 is 4.72 Å². The van der Waals surface area contributed by atoms with Gasteiger partial charge in [0, 0.05) is 9.13 Å². The van der Waals surface area contributed by atoms with Gasteiger partial charge in [0.25, 0.3) is 0 Å². The Morgan fingerprint density at radius 3 is 2.70 bits per heavy atom. The summed E-state index contributed by atoms with van der Waals surface area (Å²) in [6.07, 6.45) is 0. The quantitative estimate of drug-likeness (QED) is 0.600. The van der Waals surface area contributed by atoms with Crippen molar-refractivity contribution in [2.24, 2.45) is 0 Å². The van der Waals surface area contributed by atoms with Gasteiger partial charge < -0.3 is 9.51 Å². The molecule has 2 heterocycles. The molecule has 2 N–H and O–H groups in total. The van der Waals surface area contributed by atoms with Gasteiger partial charge in [-0.1, -0.05) is 5.16 Å². The van der Waals surface area contributed by atoms with Crippen molar-refractivity contribution in [3.8, 4) is 11.1 Å². The normalized spacial score (nSPS) is 12.0. The fourth-order valence-corrected chi connectivity index (χ4v) is 3.66. The molecular weight excluding hydrogens is 431 g/mol. The molecule has 9 heteroatoms. The molecule has 23 heavy (non-hydrogen) atoms. The van der Waals surface area contributed by atoms with Crippen LogP contribution in [0.2, 0.25) is 0 Å². The van der Waals surface area contributed by atoms with Gasteiger partial charge in [-0.2, -0.15) is 0 Å². The van der Waals surface area contributed by atoms with E-state index in [2.05, 4.69) is 42.4 Å². The summed E-state index contributed by atoms with van der Waals surface area (Å²) >= 11 is 2.18. The van der Waals surface area contributed by atoms with Crippen molar-refractivity contribution >= 4 is 49.6 Å². The number of H-pyrrole nitrogens is 1. The molecule has 0 radical (unpaired) electrons. The lowest BCUT2D eigenvalue weighted by Gasteiger charge is -2.02. The predicted octanol–water partition coefficient (Wildman–Crippen LogP) is 3.20. The van der Waals surface area contributed by atoms with Crippen molar-refractivity contribution in [2.75, 3.05) is 10.5 Å². The van der Waals surface area contributed by atoms with Crippen LogP contribution in [0.15, 0.2) is 16.7 Å². The van der Waals surface area contributed by atoms with Gasteiger partial charge in [-0.25, -0.2) is 13.4 Å². The minimum atomic E-state index is -3.37. The molecule has 7 nitrogen and oxygen atoms in total. The third kappa shape index (κ3) is 3.07. The van der Waals surface area contributed by atoms with E-state index in [0.29, 0.717) is 0 Å². The zero-order chi connectivity index (χ0) is 16.8. The van der Waals surface area contributed by atoms with Gasteiger partial charge in [0.05, 0.1) is 17.0 Å². The van der Waals surface area contributed by atoms with E-state index in [4.69, 9.17) is 4.52 Å². The minimum absolute atomic E-state index is 0.00847. The van der Waals surface area contributed by atoms with Crippen LogP contribution in [0.4, 0.5) is 5.95 Å². The molecule has 0 aliphatic heterocycles. The van der Waals surface area contributed by atoms with Gasteiger partial charge in [-0.15, -0.1) is 0 Å². The van der Waals surface area contributed by atoms with Crippen LogP contribution in [-0.2, 0) is 10.0 Å². The molecule has 0 amide bonds. The number of aromatic amines is 1. The van der Waals surface area contributed by atoms with Crippen molar-refractivity contribution in [3.63, 3.8) is 0 Å². The molecule has 122 valence electrons. The van der Waals surface area contributed by atoms with E-state index < -0.39 is 10.0 Å². The molecule has 0 bridgehead atoms. The molecule has 3 aromatic rings. The van der Waals surface area contributed by atoms with Crippen molar-refractivity contribution < 1.29 is 12.9 Å². The molecule has 0 saturated carbocycles. The highest BCUT2D eigenvalue weighted by Gasteiger charge is 2.16. The lowest BCUT2D eigenvalue weighted by molar-refractivity contribution is 0.393. The second-order valence-electron chi connectivity index (χ2n) is 5.14. The molecule has 0 aliphatic rings. The summed E-state index contributed by atoms with van der Waals surface area (Å²) in [6, 6.07) is 3.90. The summed E-state index contributed by atoms with van der Waals surface area (Å²) in [5.74, 6) is 0.950. The van der Waals surface area contributed by atoms with Gasteiger partial charge >= 0.3 is 0 Å². The molecule has 0 fully saturated rings. The highest BCUT2D eigenvalue weighted by molar-refractivity contribution is 14.1. The minimum Gasteiger partial charge on any atom is -0.361 e. The number of rotatable bonds is 4. The van der Waals surface area contributed by atoms with E-state index in [1.165, 1.54) is 0 Å². The Bertz CT molecular complexity index is 972. The van der Waals surface area contributed by atoms with Gasteiger partial charge in [-0.05, 0) is 61.1 Å². The molecule has 3 rings (SSSR count). The Morgan fingerprint density at radius 1 is 1.35 bits per heavy atom. The average Bonchev–Trinajstić information content (AvgIpc) is 3.02. The number of halogens is 1. The van der Waals surface area contributed by atoms with Crippen LogP contribution in [0.25, 0.3) is 22.2 Å². The lowest BCUT2D eigenvalue weighted by atomic mass is 10.0. The van der Waals surface area contributed by atoms with Crippen molar-refractivity contribution in [1.29, 1.82) is 0 Å². The Labute approximate surface area is 147 Å². The summed E-state index contributed by atoms with van der Waals surface area (Å²) in [5.41, 5.74) is 4.17. The standard InChI is InChI=1S/C14H15IN4O3S/c1-4-23(20,21)19-14-16-11-6-9(5-10(15)13(11)17-14)12-7(2)18-22-8(12)3/h5-6H,4H2,1-3H3,(H2,16,17,19). The van der Waals surface area contributed by atoms with Crippen LogP contribution in [0.1, 0.15) is 18.4 Å². The molecule has 0 saturated heterocycles. The maximum atomic E-state index is 11.7. The van der Waals surface area contributed by atoms with E-state index in [1.807, 2.05) is 26.0 Å². The number of nitrogens with zero attached hydrogens (tertiary/aromatic N) is 2. The first-order valence-electron chi connectivity index (χ1n) is 6.93. The average molecular weight is 446 g/mol. The maximum Gasteiger partial charge on any atom is 0.234 e. The molecular formula is C14H15IN4O3S. The number of anilines is 1. The Kier molecular flexibility index (Phi) is 4.08. The van der Waals surface area contributed by atoms with Crippen LogP contribution in [-0.4, -0.2) is 29.3 Å². The topological polar surface area (TPSA) is 101 Å². The number of hydrogen-bond donors (Lipinski definition) is 2. The second kappa shape index (κ2) is 5.78. The first kappa shape index (κ1) is 16.2. The number of hydrogen-bond acceptors (Lipinski definition) is 5. The number of aryl methyl sites for hydroxylation is 2. The SMILES string of the molecule is CCS(=O)(=O)Nc1nc2c(I)cc(-c3c(C)noc3C)cc2[nH]1. The predicted molar refractivity (Wildman–Crippen MR) is 96.9 cm³/mol. The second-order valence-corrected chi connectivity index (χ2v) is 8.32. The number of nitrogens with one attached hydrogen (secondary N) is 2. The Balaban J connectivity index is 2.12.